The first kappa shape index (κ1) is 19.7. The molecule has 0 radical (unpaired) electrons. The van der Waals surface area contributed by atoms with Crippen LogP contribution < -0.4 is 5.32 Å². The van der Waals surface area contributed by atoms with Crippen molar-refractivity contribution < 1.29 is 9.21 Å². The summed E-state index contributed by atoms with van der Waals surface area (Å²) in [7, 11) is 0. The van der Waals surface area contributed by atoms with Crippen LogP contribution in [-0.4, -0.2) is 40.2 Å². The number of carbonyl (C=O) groups excluding carboxylic acids is 1. The average molecular weight is 373 g/mol. The van der Waals surface area contributed by atoms with Gasteiger partial charge < -0.3 is 9.73 Å². The molecule has 0 bridgehead atoms. The van der Waals surface area contributed by atoms with E-state index in [2.05, 4.69) is 34.4 Å². The van der Waals surface area contributed by atoms with Crippen molar-refractivity contribution in [3.05, 3.63) is 41.1 Å². The van der Waals surface area contributed by atoms with E-state index in [1.165, 1.54) is 12.8 Å². The number of piperidine rings is 1. The van der Waals surface area contributed by atoms with Crippen LogP contribution in [0.3, 0.4) is 0 Å². The molecule has 1 aliphatic heterocycles. The Balaban J connectivity index is 1.35. The highest BCUT2D eigenvalue weighted by molar-refractivity contribution is 5.75. The van der Waals surface area contributed by atoms with E-state index in [4.69, 9.17) is 4.42 Å². The zero-order chi connectivity index (χ0) is 19.2. The van der Waals surface area contributed by atoms with Crippen molar-refractivity contribution in [3.8, 4) is 0 Å². The number of likely N-dealkylation sites (tertiary alicyclic amines) is 1. The maximum absolute atomic E-state index is 12.2. The topological polar surface area (TPSA) is 63.3 Å². The molecule has 1 saturated heterocycles. The maximum Gasteiger partial charge on any atom is 0.220 e. The SMILES string of the molecule is Cc1cc(C)n(CCCC(=O)NCC2CCCN(Cc3ccc(C)o3)C2)n1. The van der Waals surface area contributed by atoms with Crippen LogP contribution in [0.25, 0.3) is 0 Å². The number of hydrogen-bond donors (Lipinski definition) is 1. The van der Waals surface area contributed by atoms with Crippen LogP contribution in [0.2, 0.25) is 0 Å². The van der Waals surface area contributed by atoms with E-state index in [1.54, 1.807) is 0 Å². The maximum atomic E-state index is 12.2. The van der Waals surface area contributed by atoms with Gasteiger partial charge in [0.1, 0.15) is 11.5 Å². The van der Waals surface area contributed by atoms with Gasteiger partial charge in [-0.1, -0.05) is 0 Å². The summed E-state index contributed by atoms with van der Waals surface area (Å²) in [5.41, 5.74) is 2.19. The van der Waals surface area contributed by atoms with Crippen molar-refractivity contribution in [1.82, 2.24) is 20.0 Å². The van der Waals surface area contributed by atoms with Gasteiger partial charge in [0, 0.05) is 31.7 Å². The third-order valence-corrected chi connectivity index (χ3v) is 5.24. The number of furan rings is 1. The largest absolute Gasteiger partial charge is 0.465 e. The molecule has 1 fully saturated rings. The number of aromatic nitrogens is 2. The van der Waals surface area contributed by atoms with Crippen molar-refractivity contribution in [1.29, 1.82) is 0 Å². The molecule has 148 valence electrons. The fourth-order valence-corrected chi connectivity index (χ4v) is 3.89. The predicted octanol–water partition coefficient (Wildman–Crippen LogP) is 3.21. The van der Waals surface area contributed by atoms with Crippen LogP contribution in [0.1, 0.15) is 48.6 Å². The van der Waals surface area contributed by atoms with Gasteiger partial charge in [-0.05, 0) is 70.7 Å². The number of nitrogens with zero attached hydrogens (tertiary/aromatic N) is 3. The standard InChI is InChI=1S/C21H32N4O2/c1-16-12-17(2)25(23-16)11-5-7-21(26)22-13-19-6-4-10-24(14-19)15-20-9-8-18(3)27-20/h8-9,12,19H,4-7,10-11,13-15H2,1-3H3,(H,22,26). The highest BCUT2D eigenvalue weighted by atomic mass is 16.3. The van der Waals surface area contributed by atoms with E-state index in [1.807, 2.05) is 24.6 Å². The molecule has 0 spiro atoms. The number of hydrogen-bond acceptors (Lipinski definition) is 4. The Kier molecular flexibility index (Phi) is 6.72. The Hall–Kier alpha value is -2.08. The van der Waals surface area contributed by atoms with E-state index >= 15 is 0 Å². The monoisotopic (exact) mass is 372 g/mol. The van der Waals surface area contributed by atoms with Crippen molar-refractivity contribution >= 4 is 5.91 Å². The normalized spacial score (nSPS) is 18.0. The highest BCUT2D eigenvalue weighted by Crippen LogP contribution is 2.19. The first-order valence-electron chi connectivity index (χ1n) is 10.0. The molecule has 1 atom stereocenters. The molecule has 0 aromatic carbocycles. The van der Waals surface area contributed by atoms with Crippen molar-refractivity contribution in [2.75, 3.05) is 19.6 Å². The van der Waals surface area contributed by atoms with Gasteiger partial charge in [-0.3, -0.25) is 14.4 Å². The fourth-order valence-electron chi connectivity index (χ4n) is 3.89. The molecule has 3 rings (SSSR count). The lowest BCUT2D eigenvalue weighted by atomic mass is 9.98. The lowest BCUT2D eigenvalue weighted by molar-refractivity contribution is -0.121. The van der Waals surface area contributed by atoms with Crippen LogP contribution in [0.5, 0.6) is 0 Å². The van der Waals surface area contributed by atoms with Crippen molar-refractivity contribution in [2.45, 2.75) is 59.5 Å². The Morgan fingerprint density at radius 2 is 2.19 bits per heavy atom. The lowest BCUT2D eigenvalue weighted by Crippen LogP contribution is -2.40. The smallest absolute Gasteiger partial charge is 0.220 e. The zero-order valence-corrected chi connectivity index (χ0v) is 16.8. The predicted molar refractivity (Wildman–Crippen MR) is 105 cm³/mol. The number of aryl methyl sites for hydroxylation is 4. The molecule has 1 unspecified atom stereocenters. The minimum atomic E-state index is 0.148. The van der Waals surface area contributed by atoms with Crippen molar-refractivity contribution in [2.24, 2.45) is 5.92 Å². The molecule has 2 aromatic heterocycles. The minimum Gasteiger partial charge on any atom is -0.465 e. The number of carbonyl (C=O) groups is 1. The van der Waals surface area contributed by atoms with Crippen LogP contribution >= 0.6 is 0 Å². The van der Waals surface area contributed by atoms with E-state index in [9.17, 15) is 4.79 Å². The number of nitrogens with one attached hydrogen (secondary N) is 1. The quantitative estimate of drug-likeness (QED) is 0.773. The van der Waals surface area contributed by atoms with Gasteiger partial charge >= 0.3 is 0 Å². The minimum absolute atomic E-state index is 0.148. The van der Waals surface area contributed by atoms with Crippen molar-refractivity contribution in [3.63, 3.8) is 0 Å². The summed E-state index contributed by atoms with van der Waals surface area (Å²) < 4.78 is 7.68. The second-order valence-electron chi connectivity index (χ2n) is 7.81. The number of rotatable bonds is 8. The van der Waals surface area contributed by atoms with E-state index in [0.717, 1.165) is 62.1 Å². The Morgan fingerprint density at radius 3 is 2.89 bits per heavy atom. The summed E-state index contributed by atoms with van der Waals surface area (Å²) in [4.78, 5) is 14.6. The second-order valence-corrected chi connectivity index (χ2v) is 7.81. The third kappa shape index (κ3) is 5.96. The summed E-state index contributed by atoms with van der Waals surface area (Å²) in [5.74, 6) is 2.66. The Morgan fingerprint density at radius 1 is 1.33 bits per heavy atom. The van der Waals surface area contributed by atoms with Gasteiger partial charge in [0.2, 0.25) is 5.91 Å². The van der Waals surface area contributed by atoms with Crippen LogP contribution in [-0.2, 0) is 17.9 Å². The van der Waals surface area contributed by atoms with Crippen LogP contribution in [0.15, 0.2) is 22.6 Å². The Bertz CT molecular complexity index is 749. The number of amides is 1. The van der Waals surface area contributed by atoms with Gasteiger partial charge in [-0.2, -0.15) is 5.10 Å². The van der Waals surface area contributed by atoms with Crippen LogP contribution in [0.4, 0.5) is 0 Å². The molecule has 0 aliphatic carbocycles. The van der Waals surface area contributed by atoms with Gasteiger partial charge in [0.15, 0.2) is 0 Å². The molecular weight excluding hydrogens is 340 g/mol. The zero-order valence-electron chi connectivity index (χ0n) is 16.8. The van der Waals surface area contributed by atoms with Gasteiger partial charge in [-0.15, -0.1) is 0 Å². The molecule has 1 N–H and O–H groups in total. The molecule has 3 heterocycles. The van der Waals surface area contributed by atoms with E-state index < -0.39 is 0 Å². The second kappa shape index (κ2) is 9.22. The van der Waals surface area contributed by atoms with Crippen LogP contribution in [0, 0.1) is 26.7 Å². The summed E-state index contributed by atoms with van der Waals surface area (Å²) in [6.45, 7) is 10.6. The summed E-state index contributed by atoms with van der Waals surface area (Å²) in [5, 5.41) is 7.57. The summed E-state index contributed by atoms with van der Waals surface area (Å²) in [6, 6.07) is 6.14. The van der Waals surface area contributed by atoms with Gasteiger partial charge in [-0.25, -0.2) is 0 Å². The molecule has 27 heavy (non-hydrogen) atoms. The first-order valence-corrected chi connectivity index (χ1v) is 10.0. The molecular formula is C21H32N4O2. The lowest BCUT2D eigenvalue weighted by Gasteiger charge is -2.32. The Labute approximate surface area is 161 Å². The molecule has 1 amide bonds. The fraction of sp³-hybridized carbons (Fsp3) is 0.619. The summed E-state index contributed by atoms with van der Waals surface area (Å²) in [6.07, 6.45) is 3.74. The average Bonchev–Trinajstić information content (AvgIpc) is 3.18. The summed E-state index contributed by atoms with van der Waals surface area (Å²) >= 11 is 0. The molecule has 2 aromatic rings. The first-order chi connectivity index (χ1) is 13.0. The molecule has 0 saturated carbocycles. The van der Waals surface area contributed by atoms with Gasteiger partial charge in [0.05, 0.1) is 12.2 Å². The van der Waals surface area contributed by atoms with E-state index in [0.29, 0.717) is 12.3 Å². The van der Waals surface area contributed by atoms with E-state index in [-0.39, 0.29) is 5.91 Å². The molecule has 6 heteroatoms. The van der Waals surface area contributed by atoms with Gasteiger partial charge in [0.25, 0.3) is 0 Å². The molecule has 6 nitrogen and oxygen atoms in total. The third-order valence-electron chi connectivity index (χ3n) is 5.24. The molecule has 1 aliphatic rings. The highest BCUT2D eigenvalue weighted by Gasteiger charge is 2.21.